The number of thiazole rings is 1. The van der Waals surface area contributed by atoms with Crippen molar-refractivity contribution in [3.8, 4) is 11.5 Å². The standard InChI is InChI=1S/C16H13FN2O3S/c1-21-11-6-7-12(22-2)14-13(11)18-16(23-14)19-15(20)9-4-3-5-10(17)8-9/h3-8H,1-2H3,(H,18,19,20). The number of rotatable bonds is 4. The van der Waals surface area contributed by atoms with Crippen LogP contribution in [0.25, 0.3) is 10.2 Å². The van der Waals surface area contributed by atoms with Gasteiger partial charge < -0.3 is 9.47 Å². The van der Waals surface area contributed by atoms with Crippen LogP contribution in [0, 0.1) is 5.82 Å². The third-order valence-corrected chi connectivity index (χ3v) is 4.20. The van der Waals surface area contributed by atoms with E-state index in [0.29, 0.717) is 22.1 Å². The van der Waals surface area contributed by atoms with Crippen LogP contribution >= 0.6 is 11.3 Å². The molecule has 23 heavy (non-hydrogen) atoms. The van der Waals surface area contributed by atoms with Crippen LogP contribution in [-0.2, 0) is 0 Å². The maximum Gasteiger partial charge on any atom is 0.257 e. The molecule has 0 saturated heterocycles. The molecule has 7 heteroatoms. The third kappa shape index (κ3) is 2.95. The van der Waals surface area contributed by atoms with E-state index in [9.17, 15) is 9.18 Å². The first-order chi connectivity index (χ1) is 11.1. The molecule has 1 aromatic heterocycles. The fourth-order valence-corrected chi connectivity index (χ4v) is 3.11. The molecule has 3 rings (SSSR count). The lowest BCUT2D eigenvalue weighted by Gasteiger charge is -2.03. The van der Waals surface area contributed by atoms with Crippen molar-refractivity contribution in [1.82, 2.24) is 4.98 Å². The van der Waals surface area contributed by atoms with Crippen LogP contribution in [0.3, 0.4) is 0 Å². The number of hydrogen-bond donors (Lipinski definition) is 1. The van der Waals surface area contributed by atoms with Crippen LogP contribution in [0.1, 0.15) is 10.4 Å². The summed E-state index contributed by atoms with van der Waals surface area (Å²) in [7, 11) is 3.11. The lowest BCUT2D eigenvalue weighted by molar-refractivity contribution is 0.102. The highest BCUT2D eigenvalue weighted by atomic mass is 32.1. The van der Waals surface area contributed by atoms with Gasteiger partial charge in [-0.1, -0.05) is 17.4 Å². The highest BCUT2D eigenvalue weighted by molar-refractivity contribution is 7.22. The first-order valence-corrected chi connectivity index (χ1v) is 7.52. The highest BCUT2D eigenvalue weighted by Crippen LogP contribution is 2.38. The quantitative estimate of drug-likeness (QED) is 0.791. The first-order valence-electron chi connectivity index (χ1n) is 6.71. The fourth-order valence-electron chi connectivity index (χ4n) is 2.14. The molecule has 0 fully saturated rings. The van der Waals surface area contributed by atoms with E-state index in [1.807, 2.05) is 0 Å². The van der Waals surface area contributed by atoms with Gasteiger partial charge in [0, 0.05) is 5.56 Å². The highest BCUT2D eigenvalue weighted by Gasteiger charge is 2.16. The zero-order valence-corrected chi connectivity index (χ0v) is 13.2. The van der Waals surface area contributed by atoms with Crippen LogP contribution in [0.2, 0.25) is 0 Å². The maximum atomic E-state index is 13.2. The first kappa shape index (κ1) is 15.2. The number of methoxy groups -OCH3 is 2. The van der Waals surface area contributed by atoms with Gasteiger partial charge in [0.25, 0.3) is 5.91 Å². The molecular formula is C16H13FN2O3S. The molecule has 1 heterocycles. The van der Waals surface area contributed by atoms with Gasteiger partial charge in [-0.2, -0.15) is 0 Å². The second-order valence-corrected chi connectivity index (χ2v) is 5.63. The van der Waals surface area contributed by atoms with E-state index < -0.39 is 11.7 Å². The summed E-state index contributed by atoms with van der Waals surface area (Å²) >= 11 is 1.26. The van der Waals surface area contributed by atoms with E-state index in [1.54, 1.807) is 26.4 Å². The van der Waals surface area contributed by atoms with Crippen LogP contribution in [0.15, 0.2) is 36.4 Å². The Kier molecular flexibility index (Phi) is 4.12. The summed E-state index contributed by atoms with van der Waals surface area (Å²) in [6.45, 7) is 0. The van der Waals surface area contributed by atoms with Gasteiger partial charge >= 0.3 is 0 Å². The molecule has 0 aliphatic carbocycles. The largest absolute Gasteiger partial charge is 0.495 e. The van der Waals surface area contributed by atoms with Crippen molar-refractivity contribution in [1.29, 1.82) is 0 Å². The second kappa shape index (κ2) is 6.21. The Morgan fingerprint density at radius 1 is 1.17 bits per heavy atom. The number of amides is 1. The molecule has 0 spiro atoms. The molecule has 3 aromatic rings. The molecule has 0 radical (unpaired) electrons. The summed E-state index contributed by atoms with van der Waals surface area (Å²) in [4.78, 5) is 16.5. The van der Waals surface area contributed by atoms with Crippen molar-refractivity contribution in [2.75, 3.05) is 19.5 Å². The Bertz CT molecular complexity index is 838. The maximum absolute atomic E-state index is 13.2. The van der Waals surface area contributed by atoms with Gasteiger partial charge in [-0.25, -0.2) is 9.37 Å². The van der Waals surface area contributed by atoms with Gasteiger partial charge in [-0.15, -0.1) is 0 Å². The number of halogens is 1. The van der Waals surface area contributed by atoms with Gasteiger partial charge in [-0.3, -0.25) is 10.1 Å². The fraction of sp³-hybridized carbons (Fsp3) is 0.125. The Balaban J connectivity index is 1.96. The average molecular weight is 332 g/mol. The summed E-state index contributed by atoms with van der Waals surface area (Å²) in [5, 5.41) is 3.05. The number of aromatic nitrogens is 1. The molecule has 0 unspecified atom stereocenters. The minimum atomic E-state index is -0.467. The van der Waals surface area contributed by atoms with Crippen LogP contribution in [0.4, 0.5) is 9.52 Å². The SMILES string of the molecule is COc1ccc(OC)c2sc(NC(=O)c3cccc(F)c3)nc12. The van der Waals surface area contributed by atoms with E-state index in [1.165, 1.54) is 35.6 Å². The molecule has 1 amide bonds. The normalized spacial score (nSPS) is 10.6. The predicted octanol–water partition coefficient (Wildman–Crippen LogP) is 3.70. The number of fused-ring (bicyclic) bond motifs is 1. The summed E-state index contributed by atoms with van der Waals surface area (Å²) in [5.41, 5.74) is 0.828. The number of carbonyl (C=O) groups is 1. The van der Waals surface area contributed by atoms with E-state index in [-0.39, 0.29) is 5.56 Å². The van der Waals surface area contributed by atoms with Crippen LogP contribution in [0.5, 0.6) is 11.5 Å². The third-order valence-electron chi connectivity index (χ3n) is 3.22. The van der Waals surface area contributed by atoms with E-state index in [2.05, 4.69) is 10.3 Å². The molecule has 2 aromatic carbocycles. The molecule has 118 valence electrons. The summed E-state index contributed by atoms with van der Waals surface area (Å²) in [6.07, 6.45) is 0. The zero-order chi connectivity index (χ0) is 16.4. The zero-order valence-electron chi connectivity index (χ0n) is 12.4. The second-order valence-electron chi connectivity index (χ2n) is 4.63. The Morgan fingerprint density at radius 3 is 2.61 bits per heavy atom. The van der Waals surface area contributed by atoms with E-state index >= 15 is 0 Å². The van der Waals surface area contributed by atoms with Gasteiger partial charge in [0.15, 0.2) is 5.13 Å². The predicted molar refractivity (Wildman–Crippen MR) is 87.1 cm³/mol. The number of carbonyl (C=O) groups excluding carboxylic acids is 1. The number of nitrogens with zero attached hydrogens (tertiary/aromatic N) is 1. The van der Waals surface area contributed by atoms with Gasteiger partial charge in [0.1, 0.15) is 27.5 Å². The topological polar surface area (TPSA) is 60.5 Å². The minimum absolute atomic E-state index is 0.225. The minimum Gasteiger partial charge on any atom is -0.495 e. The van der Waals surface area contributed by atoms with Gasteiger partial charge in [0.05, 0.1) is 14.2 Å². The average Bonchev–Trinajstić information content (AvgIpc) is 2.97. The van der Waals surface area contributed by atoms with Crippen molar-refractivity contribution in [2.45, 2.75) is 0 Å². The number of hydrogen-bond acceptors (Lipinski definition) is 5. The number of benzene rings is 2. The molecular weight excluding hydrogens is 319 g/mol. The summed E-state index contributed by atoms with van der Waals surface area (Å²) in [5.74, 6) is 0.333. The number of ether oxygens (including phenoxy) is 2. The summed E-state index contributed by atoms with van der Waals surface area (Å²) in [6, 6.07) is 8.99. The molecule has 0 atom stereocenters. The van der Waals surface area contributed by atoms with E-state index in [0.717, 1.165) is 4.70 Å². The lowest BCUT2D eigenvalue weighted by Crippen LogP contribution is -2.11. The Labute approximate surface area is 135 Å². The van der Waals surface area contributed by atoms with Gasteiger partial charge in [0.2, 0.25) is 0 Å². The van der Waals surface area contributed by atoms with Crippen molar-refractivity contribution in [3.63, 3.8) is 0 Å². The van der Waals surface area contributed by atoms with Crippen LogP contribution in [-0.4, -0.2) is 25.1 Å². The monoisotopic (exact) mass is 332 g/mol. The smallest absolute Gasteiger partial charge is 0.257 e. The van der Waals surface area contributed by atoms with Crippen molar-refractivity contribution < 1.29 is 18.7 Å². The Morgan fingerprint density at radius 2 is 1.91 bits per heavy atom. The van der Waals surface area contributed by atoms with Gasteiger partial charge in [-0.05, 0) is 30.3 Å². The number of anilines is 1. The van der Waals surface area contributed by atoms with Crippen molar-refractivity contribution >= 4 is 32.6 Å². The van der Waals surface area contributed by atoms with E-state index in [4.69, 9.17) is 9.47 Å². The molecule has 0 bridgehead atoms. The Hall–Kier alpha value is -2.67. The van der Waals surface area contributed by atoms with Crippen LogP contribution < -0.4 is 14.8 Å². The number of nitrogens with one attached hydrogen (secondary N) is 1. The summed E-state index contributed by atoms with van der Waals surface area (Å²) < 4.78 is 24.5. The molecule has 1 N–H and O–H groups in total. The molecule has 0 aliphatic rings. The molecule has 0 aliphatic heterocycles. The molecule has 5 nitrogen and oxygen atoms in total. The lowest BCUT2D eigenvalue weighted by atomic mass is 10.2. The van der Waals surface area contributed by atoms with Crippen molar-refractivity contribution in [2.24, 2.45) is 0 Å². The van der Waals surface area contributed by atoms with Crippen molar-refractivity contribution in [3.05, 3.63) is 47.8 Å². The molecule has 0 saturated carbocycles.